The molecule has 0 bridgehead atoms. The van der Waals surface area contributed by atoms with E-state index in [1.165, 1.54) is 116 Å². The van der Waals surface area contributed by atoms with Crippen LogP contribution in [0.5, 0.6) is 0 Å². The molecule has 0 saturated heterocycles. The Morgan fingerprint density at radius 1 is 0.594 bits per heavy atom. The van der Waals surface area contributed by atoms with Gasteiger partial charge in [-0.3, -0.25) is 4.55 Å². The maximum absolute atomic E-state index is 11.0. The molecule has 0 radical (unpaired) electrons. The molecule has 0 fully saturated rings. The Morgan fingerprint density at radius 2 is 0.875 bits per heavy atom. The number of rotatable bonds is 23. The van der Waals surface area contributed by atoms with Crippen LogP contribution in [0.3, 0.4) is 0 Å². The summed E-state index contributed by atoms with van der Waals surface area (Å²) in [6.45, 7) is 8.11. The fourth-order valence-corrected chi connectivity index (χ4v) is 5.04. The highest BCUT2D eigenvalue weighted by molar-refractivity contribution is 7.80. The van der Waals surface area contributed by atoms with Crippen molar-refractivity contribution in [3.8, 4) is 0 Å². The van der Waals surface area contributed by atoms with E-state index in [4.69, 9.17) is 8.74 Å². The summed E-state index contributed by atoms with van der Waals surface area (Å²) >= 11 is 0. The van der Waals surface area contributed by atoms with Crippen LogP contribution < -0.4 is 0 Å². The molecule has 194 valence electrons. The van der Waals surface area contributed by atoms with Crippen molar-refractivity contribution in [1.82, 2.24) is 0 Å². The van der Waals surface area contributed by atoms with Crippen molar-refractivity contribution in [1.29, 1.82) is 0 Å². The zero-order chi connectivity index (χ0) is 24.1. The van der Waals surface area contributed by atoms with E-state index in [-0.39, 0.29) is 5.41 Å². The van der Waals surface area contributed by atoms with Gasteiger partial charge in [0.1, 0.15) is 0 Å². The lowest BCUT2D eigenvalue weighted by atomic mass is 9.86. The predicted octanol–water partition coefficient (Wildman–Crippen LogP) is 9.43. The normalized spacial score (nSPS) is 13.5. The predicted molar refractivity (Wildman–Crippen MR) is 139 cm³/mol. The zero-order valence-electron chi connectivity index (χ0n) is 22.0. The minimum absolute atomic E-state index is 0.302. The summed E-state index contributed by atoms with van der Waals surface area (Å²) in [4.78, 5) is 0. The van der Waals surface area contributed by atoms with E-state index in [0.717, 1.165) is 12.8 Å². The van der Waals surface area contributed by atoms with Gasteiger partial charge in [-0.15, -0.1) is 0 Å². The molecule has 4 nitrogen and oxygen atoms in total. The Hall–Kier alpha value is -0.130. The lowest BCUT2D eigenvalue weighted by molar-refractivity contribution is 0.0701. The average molecular weight is 477 g/mol. The molecule has 1 N–H and O–H groups in total. The highest BCUT2D eigenvalue weighted by Crippen LogP contribution is 2.28. The molecule has 0 aliphatic carbocycles. The zero-order valence-corrected chi connectivity index (χ0v) is 22.8. The highest BCUT2D eigenvalue weighted by Gasteiger charge is 2.29. The van der Waals surface area contributed by atoms with Crippen LogP contribution in [0, 0.1) is 5.41 Å². The van der Waals surface area contributed by atoms with Gasteiger partial charge in [0.25, 0.3) is 0 Å². The van der Waals surface area contributed by atoms with Crippen LogP contribution in [0.15, 0.2) is 0 Å². The lowest BCUT2D eigenvalue weighted by Crippen LogP contribution is -2.31. The van der Waals surface area contributed by atoms with Gasteiger partial charge in [0, 0.05) is 0 Å². The molecule has 1 unspecified atom stereocenters. The Bertz CT molecular complexity index is 496. The smallest absolute Gasteiger partial charge is 0.264 e. The van der Waals surface area contributed by atoms with Crippen LogP contribution in [0.4, 0.5) is 0 Å². The molecule has 1 atom stereocenters. The lowest BCUT2D eigenvalue weighted by Gasteiger charge is -2.28. The third kappa shape index (κ3) is 23.0. The van der Waals surface area contributed by atoms with Gasteiger partial charge in [0.15, 0.2) is 0 Å². The van der Waals surface area contributed by atoms with E-state index < -0.39 is 16.5 Å². The van der Waals surface area contributed by atoms with Crippen molar-refractivity contribution >= 4 is 10.4 Å². The van der Waals surface area contributed by atoms with Crippen molar-refractivity contribution in [2.45, 2.75) is 169 Å². The summed E-state index contributed by atoms with van der Waals surface area (Å²) in [5.74, 6) is 0. The molecule has 0 spiro atoms. The second-order valence-corrected chi connectivity index (χ2v) is 11.9. The molecule has 0 rings (SSSR count). The first-order valence-corrected chi connectivity index (χ1v) is 15.2. The van der Waals surface area contributed by atoms with Crippen LogP contribution in [0.1, 0.15) is 163 Å². The van der Waals surface area contributed by atoms with E-state index in [1.54, 1.807) is 0 Å². The van der Waals surface area contributed by atoms with E-state index in [9.17, 15) is 8.42 Å². The Labute approximate surface area is 201 Å². The SMILES string of the molecule is CCCCCCCCCCCCCCCCCCCCCCC(OS(=O)(=O)O)C(C)(C)C. The summed E-state index contributed by atoms with van der Waals surface area (Å²) < 4.78 is 35.9. The second-order valence-electron chi connectivity index (χ2n) is 10.9. The molecule has 32 heavy (non-hydrogen) atoms. The molecular formula is C27H56O4S. The summed E-state index contributed by atoms with van der Waals surface area (Å²) in [5.41, 5.74) is -0.302. The molecule has 0 aromatic heterocycles. The van der Waals surface area contributed by atoms with Gasteiger partial charge < -0.3 is 0 Å². The topological polar surface area (TPSA) is 63.6 Å². The molecule has 0 aliphatic rings. The fraction of sp³-hybridized carbons (Fsp3) is 1.00. The summed E-state index contributed by atoms with van der Waals surface area (Å²) in [7, 11) is -4.38. The van der Waals surface area contributed by atoms with Crippen LogP contribution in [0.25, 0.3) is 0 Å². The standard InChI is InChI=1S/C27H56O4S/c1-5-6-7-8-9-10-11-12-13-14-15-16-17-18-19-20-21-22-23-24-25-26(27(2,3)4)31-32(28,29)30/h26H,5-25H2,1-4H3,(H,28,29,30). The largest absolute Gasteiger partial charge is 0.397 e. The van der Waals surface area contributed by atoms with Gasteiger partial charge in [0.05, 0.1) is 6.10 Å². The fourth-order valence-electron chi connectivity index (χ4n) is 4.36. The molecule has 0 heterocycles. The molecular weight excluding hydrogens is 420 g/mol. The van der Waals surface area contributed by atoms with Gasteiger partial charge in [-0.2, -0.15) is 8.42 Å². The minimum atomic E-state index is -4.38. The first-order valence-electron chi connectivity index (χ1n) is 13.8. The maximum Gasteiger partial charge on any atom is 0.397 e. The van der Waals surface area contributed by atoms with E-state index >= 15 is 0 Å². The van der Waals surface area contributed by atoms with Gasteiger partial charge in [-0.05, 0) is 11.8 Å². The molecule has 0 saturated carbocycles. The summed E-state index contributed by atoms with van der Waals surface area (Å²) in [5, 5.41) is 0. The van der Waals surface area contributed by atoms with Gasteiger partial charge >= 0.3 is 10.4 Å². The second kappa shape index (κ2) is 20.3. The van der Waals surface area contributed by atoms with Gasteiger partial charge in [0.2, 0.25) is 0 Å². The van der Waals surface area contributed by atoms with Crippen LogP contribution in [-0.2, 0) is 14.6 Å². The average Bonchev–Trinajstić information content (AvgIpc) is 2.70. The van der Waals surface area contributed by atoms with Crippen molar-refractivity contribution in [3.05, 3.63) is 0 Å². The highest BCUT2D eigenvalue weighted by atomic mass is 32.3. The van der Waals surface area contributed by atoms with E-state index in [2.05, 4.69) is 6.92 Å². The van der Waals surface area contributed by atoms with Crippen molar-refractivity contribution < 1.29 is 17.2 Å². The first kappa shape index (κ1) is 31.9. The Morgan fingerprint density at radius 3 is 1.12 bits per heavy atom. The molecule has 0 aromatic carbocycles. The van der Waals surface area contributed by atoms with Crippen molar-refractivity contribution in [3.63, 3.8) is 0 Å². The number of hydrogen-bond donors (Lipinski definition) is 1. The van der Waals surface area contributed by atoms with Crippen molar-refractivity contribution in [2.24, 2.45) is 5.41 Å². The van der Waals surface area contributed by atoms with E-state index in [0.29, 0.717) is 6.42 Å². The third-order valence-electron chi connectivity index (χ3n) is 6.52. The summed E-state index contributed by atoms with van der Waals surface area (Å²) in [6, 6.07) is 0. The van der Waals surface area contributed by atoms with Gasteiger partial charge in [-0.25, -0.2) is 4.18 Å². The number of hydrogen-bond acceptors (Lipinski definition) is 3. The third-order valence-corrected chi connectivity index (χ3v) is 7.00. The quantitative estimate of drug-likeness (QED) is 0.118. The summed E-state index contributed by atoms with van der Waals surface area (Å²) in [6.07, 6.45) is 27.2. The molecule has 0 aliphatic heterocycles. The molecule has 0 aromatic rings. The maximum atomic E-state index is 11.0. The Balaban J connectivity index is 3.37. The van der Waals surface area contributed by atoms with Crippen LogP contribution >= 0.6 is 0 Å². The number of unbranched alkanes of at least 4 members (excludes halogenated alkanes) is 19. The molecule has 5 heteroatoms. The monoisotopic (exact) mass is 476 g/mol. The van der Waals surface area contributed by atoms with Crippen LogP contribution in [-0.4, -0.2) is 19.1 Å². The minimum Gasteiger partial charge on any atom is -0.264 e. The van der Waals surface area contributed by atoms with Crippen LogP contribution in [0.2, 0.25) is 0 Å². The Kier molecular flexibility index (Phi) is 20.2. The van der Waals surface area contributed by atoms with E-state index in [1.807, 2.05) is 20.8 Å². The first-order chi connectivity index (χ1) is 15.2. The van der Waals surface area contributed by atoms with Crippen molar-refractivity contribution in [2.75, 3.05) is 0 Å². The molecule has 0 amide bonds. The van der Waals surface area contributed by atoms with Gasteiger partial charge in [-0.1, -0.05) is 156 Å².